The summed E-state index contributed by atoms with van der Waals surface area (Å²) < 4.78 is 7.09. The van der Waals surface area contributed by atoms with Gasteiger partial charge in [0.15, 0.2) is 5.82 Å². The van der Waals surface area contributed by atoms with Crippen LogP contribution in [0.2, 0.25) is 10.0 Å². The van der Waals surface area contributed by atoms with Crippen molar-refractivity contribution in [2.24, 2.45) is 0 Å². The number of urea groups is 1. The molecule has 4 aromatic rings. The molecule has 0 spiro atoms. The molecule has 4 heterocycles. The van der Waals surface area contributed by atoms with Crippen LogP contribution in [0.1, 0.15) is 18.6 Å². The molecule has 30 heavy (non-hydrogen) atoms. The second-order valence-corrected chi connectivity index (χ2v) is 7.11. The number of nitrogens with one attached hydrogen (secondary N) is 2. The third kappa shape index (κ3) is 3.92. The molecule has 1 atom stereocenters. The van der Waals surface area contributed by atoms with Gasteiger partial charge in [-0.15, -0.1) is 4.80 Å². The Morgan fingerprint density at radius 2 is 1.90 bits per heavy atom. The maximum Gasteiger partial charge on any atom is 0.323 e. The molecular formula is C18H16Cl2N8O2. The molecule has 10 nitrogen and oxygen atoms in total. The SMILES string of the molecule is CO[C@@H](C)c1c(NC(=O)Nc2cnc(-n3nccn3)c(Cl)c2)cnn2cc(Cl)cc12. The first kappa shape index (κ1) is 20.1. The summed E-state index contributed by atoms with van der Waals surface area (Å²) in [6, 6.07) is 2.82. The van der Waals surface area contributed by atoms with E-state index in [4.69, 9.17) is 27.9 Å². The second-order valence-electron chi connectivity index (χ2n) is 6.27. The van der Waals surface area contributed by atoms with Gasteiger partial charge in [0.05, 0.1) is 57.8 Å². The zero-order valence-electron chi connectivity index (χ0n) is 15.9. The van der Waals surface area contributed by atoms with Gasteiger partial charge in [-0.25, -0.2) is 14.3 Å². The molecule has 0 aliphatic carbocycles. The number of ether oxygens (including phenoxy) is 1. The summed E-state index contributed by atoms with van der Waals surface area (Å²) >= 11 is 12.3. The Kier molecular flexibility index (Phi) is 5.53. The highest BCUT2D eigenvalue weighted by Crippen LogP contribution is 2.31. The van der Waals surface area contributed by atoms with Crippen LogP contribution in [0.5, 0.6) is 0 Å². The number of fused-ring (bicyclic) bond motifs is 1. The van der Waals surface area contributed by atoms with Crippen molar-refractivity contribution in [2.45, 2.75) is 13.0 Å². The summed E-state index contributed by atoms with van der Waals surface area (Å²) in [5.74, 6) is 0.351. The van der Waals surface area contributed by atoms with E-state index >= 15 is 0 Å². The molecular weight excluding hydrogens is 431 g/mol. The van der Waals surface area contributed by atoms with E-state index in [-0.39, 0.29) is 11.1 Å². The van der Waals surface area contributed by atoms with Crippen molar-refractivity contribution in [2.75, 3.05) is 17.7 Å². The number of amides is 2. The first-order chi connectivity index (χ1) is 14.5. The number of hydrogen-bond donors (Lipinski definition) is 2. The van der Waals surface area contributed by atoms with Gasteiger partial charge in [0, 0.05) is 18.9 Å². The summed E-state index contributed by atoms with van der Waals surface area (Å²) in [4.78, 5) is 18.1. The number of hydrogen-bond acceptors (Lipinski definition) is 6. The summed E-state index contributed by atoms with van der Waals surface area (Å²) in [6.07, 6.45) is 7.38. The Bertz CT molecular complexity index is 1210. The zero-order valence-corrected chi connectivity index (χ0v) is 17.4. The van der Waals surface area contributed by atoms with Gasteiger partial charge < -0.3 is 15.4 Å². The molecule has 154 valence electrons. The van der Waals surface area contributed by atoms with Crippen molar-refractivity contribution in [1.82, 2.24) is 29.6 Å². The van der Waals surface area contributed by atoms with Crippen molar-refractivity contribution >= 4 is 46.1 Å². The normalized spacial score (nSPS) is 12.1. The highest BCUT2D eigenvalue weighted by Gasteiger charge is 2.18. The van der Waals surface area contributed by atoms with E-state index in [0.29, 0.717) is 22.2 Å². The largest absolute Gasteiger partial charge is 0.377 e. The molecule has 12 heteroatoms. The fourth-order valence-corrected chi connectivity index (χ4v) is 3.38. The Hall–Kier alpha value is -3.21. The molecule has 2 N–H and O–H groups in total. The standard InChI is InChI=1S/C18H16Cl2N8O2/c1-10(30-2)16-14(8-24-27-9-11(19)5-15(16)27)26-18(29)25-12-6-13(20)17(21-7-12)28-22-3-4-23-28/h3-10H,1-2H3,(H2,25,26,29)/t10-/m0/s1. The Morgan fingerprint density at radius 1 is 1.13 bits per heavy atom. The fraction of sp³-hybridized carbons (Fsp3) is 0.167. The van der Waals surface area contributed by atoms with E-state index in [9.17, 15) is 4.79 Å². The van der Waals surface area contributed by atoms with Gasteiger partial charge in [-0.1, -0.05) is 23.2 Å². The molecule has 4 rings (SSSR count). The molecule has 0 aliphatic heterocycles. The van der Waals surface area contributed by atoms with Crippen molar-refractivity contribution in [3.8, 4) is 5.82 Å². The molecule has 4 aromatic heterocycles. The van der Waals surface area contributed by atoms with Crippen molar-refractivity contribution in [1.29, 1.82) is 0 Å². The van der Waals surface area contributed by atoms with E-state index in [1.807, 2.05) is 6.92 Å². The molecule has 0 fully saturated rings. The summed E-state index contributed by atoms with van der Waals surface area (Å²) in [6.45, 7) is 1.87. The van der Waals surface area contributed by atoms with E-state index in [1.54, 1.807) is 30.0 Å². The van der Waals surface area contributed by atoms with Crippen LogP contribution in [0.3, 0.4) is 0 Å². The molecule has 0 radical (unpaired) electrons. The molecule has 0 aliphatic rings. The van der Waals surface area contributed by atoms with Crippen LogP contribution in [-0.2, 0) is 4.74 Å². The van der Waals surface area contributed by atoms with Crippen LogP contribution in [0, 0.1) is 0 Å². The van der Waals surface area contributed by atoms with Crippen molar-refractivity contribution in [3.63, 3.8) is 0 Å². The lowest BCUT2D eigenvalue weighted by Gasteiger charge is -2.17. The van der Waals surface area contributed by atoms with Gasteiger partial charge >= 0.3 is 6.03 Å². The summed E-state index contributed by atoms with van der Waals surface area (Å²) in [5.41, 5.74) is 2.36. The van der Waals surface area contributed by atoms with Crippen LogP contribution in [-0.4, -0.2) is 42.7 Å². The van der Waals surface area contributed by atoms with Gasteiger partial charge in [-0.3, -0.25) is 0 Å². The fourth-order valence-electron chi connectivity index (χ4n) is 2.95. The average Bonchev–Trinajstić information content (AvgIpc) is 3.36. The van der Waals surface area contributed by atoms with Gasteiger partial charge in [0.25, 0.3) is 0 Å². The number of anilines is 2. The van der Waals surface area contributed by atoms with Gasteiger partial charge in [0.1, 0.15) is 0 Å². The third-order valence-corrected chi connectivity index (χ3v) is 4.83. The minimum Gasteiger partial charge on any atom is -0.377 e. The summed E-state index contributed by atoms with van der Waals surface area (Å²) in [5, 5.41) is 18.5. The monoisotopic (exact) mass is 446 g/mol. The van der Waals surface area contributed by atoms with Crippen molar-refractivity contribution in [3.05, 3.63) is 58.7 Å². The smallest absolute Gasteiger partial charge is 0.323 e. The first-order valence-corrected chi connectivity index (χ1v) is 9.51. The van der Waals surface area contributed by atoms with E-state index < -0.39 is 6.03 Å². The maximum absolute atomic E-state index is 12.6. The topological polar surface area (TPSA) is 111 Å². The zero-order chi connectivity index (χ0) is 21.3. The van der Waals surface area contributed by atoms with Gasteiger partial charge in [-0.2, -0.15) is 15.3 Å². The van der Waals surface area contributed by atoms with E-state index in [2.05, 4.69) is 30.9 Å². The highest BCUT2D eigenvalue weighted by molar-refractivity contribution is 6.32. The number of aromatic nitrogens is 6. The first-order valence-electron chi connectivity index (χ1n) is 8.76. The predicted octanol–water partition coefficient (Wildman–Crippen LogP) is 3.97. The molecule has 0 unspecified atom stereocenters. The predicted molar refractivity (Wildman–Crippen MR) is 112 cm³/mol. The van der Waals surface area contributed by atoms with E-state index in [1.165, 1.54) is 29.6 Å². The third-order valence-electron chi connectivity index (χ3n) is 4.34. The number of methoxy groups -OCH3 is 1. The highest BCUT2D eigenvalue weighted by atomic mass is 35.5. The van der Waals surface area contributed by atoms with Gasteiger partial charge in [0.2, 0.25) is 0 Å². The minimum atomic E-state index is -0.494. The minimum absolute atomic E-state index is 0.281. The van der Waals surface area contributed by atoms with Crippen LogP contribution in [0.4, 0.5) is 16.2 Å². The molecule has 0 saturated carbocycles. The number of pyridine rings is 1. The van der Waals surface area contributed by atoms with Crippen molar-refractivity contribution < 1.29 is 9.53 Å². The quantitative estimate of drug-likeness (QED) is 0.479. The Balaban J connectivity index is 1.57. The lowest BCUT2D eigenvalue weighted by molar-refractivity contribution is 0.121. The van der Waals surface area contributed by atoms with Crippen LogP contribution >= 0.6 is 23.2 Å². The van der Waals surface area contributed by atoms with Gasteiger partial charge in [-0.05, 0) is 19.1 Å². The van der Waals surface area contributed by atoms with Crippen LogP contribution < -0.4 is 10.6 Å². The van der Waals surface area contributed by atoms with Crippen LogP contribution in [0.15, 0.2) is 43.1 Å². The lowest BCUT2D eigenvalue weighted by Crippen LogP contribution is -2.21. The second kappa shape index (κ2) is 8.27. The number of rotatable bonds is 5. The Morgan fingerprint density at radius 3 is 2.60 bits per heavy atom. The summed E-state index contributed by atoms with van der Waals surface area (Å²) in [7, 11) is 1.58. The average molecular weight is 447 g/mol. The number of carbonyl (C=O) groups is 1. The Labute approximate surface area is 180 Å². The number of nitrogens with zero attached hydrogens (tertiary/aromatic N) is 6. The molecule has 0 saturated heterocycles. The van der Waals surface area contributed by atoms with E-state index in [0.717, 1.165) is 11.1 Å². The van der Waals surface area contributed by atoms with Crippen LogP contribution in [0.25, 0.3) is 11.3 Å². The number of halogens is 2. The molecule has 0 bridgehead atoms. The lowest BCUT2D eigenvalue weighted by atomic mass is 10.1. The number of carbonyl (C=O) groups excluding carboxylic acids is 1. The molecule has 0 aromatic carbocycles. The molecule has 2 amide bonds. The maximum atomic E-state index is 12.6.